The van der Waals surface area contributed by atoms with Crippen LogP contribution >= 0.6 is 23.2 Å². The van der Waals surface area contributed by atoms with Crippen molar-refractivity contribution in [2.24, 2.45) is 0 Å². The number of nitrogens with zero attached hydrogens (tertiary/aromatic N) is 2. The summed E-state index contributed by atoms with van der Waals surface area (Å²) >= 11 is 12.3. The molecule has 3 rings (SSSR count). The minimum Gasteiger partial charge on any atom is -0.228 e. The first-order chi connectivity index (χ1) is 9.56. The third kappa shape index (κ3) is 2.23. The smallest absolute Gasteiger partial charge is 0.161 e. The minimum atomic E-state index is -0.342. The van der Waals surface area contributed by atoms with Crippen LogP contribution in [0.4, 0.5) is 4.39 Å². The van der Waals surface area contributed by atoms with Crippen molar-refractivity contribution in [3.05, 3.63) is 58.0 Å². The lowest BCUT2D eigenvalue weighted by molar-refractivity contribution is 0.628. The van der Waals surface area contributed by atoms with Gasteiger partial charge in [-0.25, -0.2) is 14.4 Å². The molecular weight excluding hydrogens is 298 g/mol. The SMILES string of the molecule is Cc1ccc(Cl)c2c(Cl)nc(-c3cccc(F)c3)nc12. The van der Waals surface area contributed by atoms with Gasteiger partial charge in [-0.3, -0.25) is 0 Å². The van der Waals surface area contributed by atoms with E-state index in [1.165, 1.54) is 12.1 Å². The molecule has 3 aromatic rings. The Hall–Kier alpha value is -1.71. The first-order valence-corrected chi connectivity index (χ1v) is 6.70. The van der Waals surface area contributed by atoms with Crippen LogP contribution in [0.3, 0.4) is 0 Å². The molecule has 1 heterocycles. The normalized spacial score (nSPS) is 11.0. The van der Waals surface area contributed by atoms with Crippen molar-refractivity contribution in [2.45, 2.75) is 6.92 Å². The molecule has 0 aliphatic rings. The van der Waals surface area contributed by atoms with E-state index in [1.54, 1.807) is 18.2 Å². The molecule has 20 heavy (non-hydrogen) atoms. The summed E-state index contributed by atoms with van der Waals surface area (Å²) in [5, 5.41) is 1.39. The monoisotopic (exact) mass is 306 g/mol. The van der Waals surface area contributed by atoms with E-state index in [9.17, 15) is 4.39 Å². The highest BCUT2D eigenvalue weighted by Crippen LogP contribution is 2.32. The Morgan fingerprint density at radius 3 is 2.60 bits per heavy atom. The minimum absolute atomic E-state index is 0.267. The third-order valence-electron chi connectivity index (χ3n) is 3.04. The summed E-state index contributed by atoms with van der Waals surface area (Å²) in [4.78, 5) is 8.68. The molecule has 0 fully saturated rings. The van der Waals surface area contributed by atoms with E-state index in [4.69, 9.17) is 23.2 Å². The van der Waals surface area contributed by atoms with Crippen LogP contribution in [0.15, 0.2) is 36.4 Å². The molecule has 0 amide bonds. The van der Waals surface area contributed by atoms with Crippen LogP contribution in [-0.4, -0.2) is 9.97 Å². The molecule has 0 bridgehead atoms. The molecule has 0 saturated carbocycles. The highest BCUT2D eigenvalue weighted by atomic mass is 35.5. The Kier molecular flexibility index (Phi) is 3.32. The number of halogens is 3. The fourth-order valence-electron chi connectivity index (χ4n) is 2.05. The lowest BCUT2D eigenvalue weighted by atomic mass is 10.1. The summed E-state index contributed by atoms with van der Waals surface area (Å²) < 4.78 is 13.3. The van der Waals surface area contributed by atoms with E-state index in [0.29, 0.717) is 27.3 Å². The Morgan fingerprint density at radius 2 is 1.85 bits per heavy atom. The molecule has 2 nitrogen and oxygen atoms in total. The molecule has 0 saturated heterocycles. The van der Waals surface area contributed by atoms with Crippen LogP contribution < -0.4 is 0 Å². The highest BCUT2D eigenvalue weighted by Gasteiger charge is 2.12. The molecule has 0 aliphatic carbocycles. The van der Waals surface area contributed by atoms with Gasteiger partial charge >= 0.3 is 0 Å². The molecule has 0 unspecified atom stereocenters. The summed E-state index contributed by atoms with van der Waals surface area (Å²) in [6.07, 6.45) is 0. The second-order valence-electron chi connectivity index (χ2n) is 4.44. The van der Waals surface area contributed by atoms with Gasteiger partial charge < -0.3 is 0 Å². The van der Waals surface area contributed by atoms with E-state index < -0.39 is 0 Å². The molecule has 2 aromatic carbocycles. The van der Waals surface area contributed by atoms with Crippen LogP contribution in [0.2, 0.25) is 10.2 Å². The van der Waals surface area contributed by atoms with Gasteiger partial charge in [0.2, 0.25) is 0 Å². The van der Waals surface area contributed by atoms with Gasteiger partial charge in [-0.1, -0.05) is 41.4 Å². The van der Waals surface area contributed by atoms with E-state index in [-0.39, 0.29) is 11.0 Å². The number of aromatic nitrogens is 2. The Bertz CT molecular complexity index is 818. The van der Waals surface area contributed by atoms with Crippen LogP contribution in [0.1, 0.15) is 5.56 Å². The Morgan fingerprint density at radius 1 is 1.05 bits per heavy atom. The van der Waals surface area contributed by atoms with Crippen molar-refractivity contribution in [3.8, 4) is 11.4 Å². The first kappa shape index (κ1) is 13.3. The van der Waals surface area contributed by atoms with Gasteiger partial charge in [-0.15, -0.1) is 0 Å². The summed E-state index contributed by atoms with van der Waals surface area (Å²) in [6.45, 7) is 1.91. The zero-order valence-electron chi connectivity index (χ0n) is 10.5. The van der Waals surface area contributed by atoms with Gasteiger partial charge in [-0.05, 0) is 30.7 Å². The second-order valence-corrected chi connectivity index (χ2v) is 5.20. The summed E-state index contributed by atoms with van der Waals surface area (Å²) in [5.41, 5.74) is 2.19. The molecule has 1 aromatic heterocycles. The number of fused-ring (bicyclic) bond motifs is 1. The number of aryl methyl sites for hydroxylation is 1. The zero-order valence-corrected chi connectivity index (χ0v) is 12.0. The predicted octanol–water partition coefficient (Wildman–Crippen LogP) is 5.05. The van der Waals surface area contributed by atoms with Crippen LogP contribution in [0.5, 0.6) is 0 Å². The quantitative estimate of drug-likeness (QED) is 0.588. The van der Waals surface area contributed by atoms with Crippen LogP contribution in [-0.2, 0) is 0 Å². The van der Waals surface area contributed by atoms with Crippen LogP contribution in [0, 0.1) is 12.7 Å². The summed E-state index contributed by atoms with van der Waals surface area (Å²) in [5.74, 6) is 0.0394. The zero-order chi connectivity index (χ0) is 14.3. The van der Waals surface area contributed by atoms with E-state index in [1.807, 2.05) is 13.0 Å². The highest BCUT2D eigenvalue weighted by molar-refractivity contribution is 6.41. The number of hydrogen-bond acceptors (Lipinski definition) is 2. The van der Waals surface area contributed by atoms with Crippen molar-refractivity contribution in [1.29, 1.82) is 0 Å². The maximum atomic E-state index is 13.3. The fourth-order valence-corrected chi connectivity index (χ4v) is 2.61. The van der Waals surface area contributed by atoms with Crippen molar-refractivity contribution in [2.75, 3.05) is 0 Å². The lowest BCUT2D eigenvalue weighted by Gasteiger charge is -2.08. The number of benzene rings is 2. The Balaban J connectivity index is 2.32. The third-order valence-corrected chi connectivity index (χ3v) is 3.63. The van der Waals surface area contributed by atoms with Crippen molar-refractivity contribution in [3.63, 3.8) is 0 Å². The predicted molar refractivity (Wildman–Crippen MR) is 79.7 cm³/mol. The van der Waals surface area contributed by atoms with E-state index >= 15 is 0 Å². The Labute approximate surface area is 125 Å². The molecule has 0 aliphatic heterocycles. The topological polar surface area (TPSA) is 25.8 Å². The molecule has 0 radical (unpaired) electrons. The van der Waals surface area contributed by atoms with Gasteiger partial charge in [0.15, 0.2) is 5.82 Å². The molecule has 0 spiro atoms. The number of rotatable bonds is 1. The van der Waals surface area contributed by atoms with Crippen molar-refractivity contribution < 1.29 is 4.39 Å². The maximum Gasteiger partial charge on any atom is 0.161 e. The molecule has 0 N–H and O–H groups in total. The molecule has 100 valence electrons. The van der Waals surface area contributed by atoms with Crippen molar-refractivity contribution in [1.82, 2.24) is 9.97 Å². The largest absolute Gasteiger partial charge is 0.228 e. The summed E-state index contributed by atoms with van der Waals surface area (Å²) in [7, 11) is 0. The average molecular weight is 307 g/mol. The van der Waals surface area contributed by atoms with Crippen molar-refractivity contribution >= 4 is 34.1 Å². The summed E-state index contributed by atoms with van der Waals surface area (Å²) in [6, 6.07) is 9.71. The lowest BCUT2D eigenvalue weighted by Crippen LogP contribution is -1.94. The van der Waals surface area contributed by atoms with Gasteiger partial charge in [0.05, 0.1) is 15.9 Å². The fraction of sp³-hybridized carbons (Fsp3) is 0.0667. The maximum absolute atomic E-state index is 13.3. The van der Waals surface area contributed by atoms with E-state index in [2.05, 4.69) is 9.97 Å². The average Bonchev–Trinajstić information content (AvgIpc) is 2.42. The van der Waals surface area contributed by atoms with Gasteiger partial charge in [0, 0.05) is 5.56 Å². The first-order valence-electron chi connectivity index (χ1n) is 5.94. The van der Waals surface area contributed by atoms with Gasteiger partial charge in [0.25, 0.3) is 0 Å². The number of hydrogen-bond donors (Lipinski definition) is 0. The van der Waals surface area contributed by atoms with Crippen LogP contribution in [0.25, 0.3) is 22.3 Å². The van der Waals surface area contributed by atoms with E-state index in [0.717, 1.165) is 5.56 Å². The standard InChI is InChI=1S/C15H9Cl2FN2/c1-8-5-6-11(16)12-13(8)19-15(20-14(12)17)9-3-2-4-10(18)7-9/h2-7H,1H3. The molecule has 5 heteroatoms. The van der Waals surface area contributed by atoms with Gasteiger partial charge in [0.1, 0.15) is 11.0 Å². The second kappa shape index (κ2) is 5.00. The van der Waals surface area contributed by atoms with Gasteiger partial charge in [-0.2, -0.15) is 0 Å². The molecular formula is C15H9Cl2FN2. The molecule has 0 atom stereocenters.